The zero-order valence-corrected chi connectivity index (χ0v) is 8.20. The maximum Gasteiger partial charge on any atom is 0.401 e. The lowest BCUT2D eigenvalue weighted by atomic mass is 10.0. The van der Waals surface area contributed by atoms with Gasteiger partial charge in [0, 0.05) is 11.6 Å². The zero-order valence-electron chi connectivity index (χ0n) is 7.44. The topological polar surface area (TPSA) is 37.3 Å². The summed E-state index contributed by atoms with van der Waals surface area (Å²) in [5, 5.41) is 7.18. The maximum atomic E-state index is 8.77. The Morgan fingerprint density at radius 3 is 1.36 bits per heavy atom. The number of hydrogen-bond acceptors (Lipinski definition) is 1. The Hall–Kier alpha value is -0.240. The van der Waals surface area contributed by atoms with Crippen LogP contribution >= 0.6 is 11.6 Å². The summed E-state index contributed by atoms with van der Waals surface area (Å²) in [4.78, 5) is 8.77. The Morgan fingerprint density at radius 2 is 1.36 bits per heavy atom. The van der Waals surface area contributed by atoms with E-state index in [1.807, 2.05) is 0 Å². The second kappa shape index (κ2) is 3.02. The Bertz CT molecular complexity index is 145. The van der Waals surface area contributed by atoms with Gasteiger partial charge in [0.1, 0.15) is 0 Å². The zero-order chi connectivity index (χ0) is 9.28. The van der Waals surface area contributed by atoms with Crippen LogP contribution in [0.5, 0.6) is 0 Å². The van der Waals surface area contributed by atoms with Gasteiger partial charge in [-0.2, -0.15) is 0 Å². The van der Waals surface area contributed by atoms with Crippen molar-refractivity contribution in [3.63, 3.8) is 0 Å². The minimum atomic E-state index is -1.36. The van der Waals surface area contributed by atoms with Crippen LogP contribution in [0.4, 0.5) is 4.79 Å². The molecule has 1 aliphatic rings. The van der Waals surface area contributed by atoms with Crippen molar-refractivity contribution in [3.8, 4) is 0 Å². The summed E-state index contributed by atoms with van der Waals surface area (Å²) >= 11 is 4.19. The monoisotopic (exact) mass is 178 g/mol. The molecule has 1 rings (SSSR count). The van der Waals surface area contributed by atoms with Crippen molar-refractivity contribution in [2.75, 3.05) is 0 Å². The quantitative estimate of drug-likeness (QED) is 0.578. The van der Waals surface area contributed by atoms with Gasteiger partial charge in [-0.15, -0.1) is 0 Å². The Balaban J connectivity index is 0.000000218. The molecule has 0 spiro atoms. The molecule has 3 heteroatoms. The average molecular weight is 179 g/mol. The molecule has 0 heterocycles. The lowest BCUT2D eigenvalue weighted by Crippen LogP contribution is -1.95. The van der Waals surface area contributed by atoms with Gasteiger partial charge in [0.2, 0.25) is 0 Å². The van der Waals surface area contributed by atoms with Crippen molar-refractivity contribution in [1.29, 1.82) is 0 Å². The van der Waals surface area contributed by atoms with Crippen LogP contribution in [0.2, 0.25) is 0 Å². The third-order valence-corrected chi connectivity index (χ3v) is 2.59. The van der Waals surface area contributed by atoms with Crippen molar-refractivity contribution in [3.05, 3.63) is 0 Å². The van der Waals surface area contributed by atoms with Gasteiger partial charge < -0.3 is 5.11 Å². The second-order valence-corrected chi connectivity index (χ2v) is 4.52. The molecule has 0 aromatic heterocycles. The molecule has 0 radical (unpaired) electrons. The Kier molecular flexibility index (Phi) is 2.95. The highest BCUT2D eigenvalue weighted by Crippen LogP contribution is 2.62. The summed E-state index contributed by atoms with van der Waals surface area (Å²) in [7, 11) is 0. The number of hydrogen-bond donors (Lipinski definition) is 1. The standard InChI is InChI=1S/C7H14.CHClO2/c1-6(2)5-7(6,3)4;2-1(3)4/h5H2,1-4H3;(H,3,4). The molecule has 1 fully saturated rings. The summed E-state index contributed by atoms with van der Waals surface area (Å²) in [5.74, 6) is 0. The fourth-order valence-electron chi connectivity index (χ4n) is 1.06. The van der Waals surface area contributed by atoms with E-state index in [4.69, 9.17) is 9.90 Å². The summed E-state index contributed by atoms with van der Waals surface area (Å²) in [6, 6.07) is 0. The van der Waals surface area contributed by atoms with E-state index in [0.29, 0.717) is 10.8 Å². The van der Waals surface area contributed by atoms with Crippen LogP contribution in [-0.2, 0) is 0 Å². The largest absolute Gasteiger partial charge is 0.469 e. The number of rotatable bonds is 0. The molecule has 2 nitrogen and oxygen atoms in total. The van der Waals surface area contributed by atoms with Gasteiger partial charge in [0.05, 0.1) is 0 Å². The maximum absolute atomic E-state index is 8.77. The molecule has 0 amide bonds. The van der Waals surface area contributed by atoms with E-state index in [9.17, 15) is 0 Å². The highest BCUT2D eigenvalue weighted by Gasteiger charge is 2.53. The summed E-state index contributed by atoms with van der Waals surface area (Å²) in [6.07, 6.45) is 1.40. The molecule has 0 aromatic rings. The van der Waals surface area contributed by atoms with Crippen LogP contribution in [0.1, 0.15) is 34.1 Å². The molecule has 0 bridgehead atoms. The molecule has 1 aliphatic carbocycles. The predicted molar refractivity (Wildman–Crippen MR) is 46.1 cm³/mol. The molecular formula is C8H15ClO2. The fraction of sp³-hybridized carbons (Fsp3) is 0.875. The normalized spacial score (nSPS) is 23.0. The van der Waals surface area contributed by atoms with E-state index in [1.54, 1.807) is 0 Å². The third kappa shape index (κ3) is 3.61. The van der Waals surface area contributed by atoms with E-state index in [0.717, 1.165) is 0 Å². The first-order valence-corrected chi connectivity index (χ1v) is 3.95. The number of halogens is 1. The first-order chi connectivity index (χ1) is 4.69. The second-order valence-electron chi connectivity index (χ2n) is 4.20. The Labute approximate surface area is 72.6 Å². The van der Waals surface area contributed by atoms with Crippen molar-refractivity contribution in [1.82, 2.24) is 0 Å². The smallest absolute Gasteiger partial charge is 0.401 e. The molecular weight excluding hydrogens is 164 g/mol. The third-order valence-electron chi connectivity index (χ3n) is 2.59. The molecule has 0 atom stereocenters. The summed E-state index contributed by atoms with van der Waals surface area (Å²) in [6.45, 7) is 9.31. The summed E-state index contributed by atoms with van der Waals surface area (Å²) in [5.41, 5.74) is -0.0694. The first kappa shape index (κ1) is 10.8. The molecule has 0 aliphatic heterocycles. The van der Waals surface area contributed by atoms with Crippen LogP contribution < -0.4 is 0 Å². The van der Waals surface area contributed by atoms with Crippen molar-refractivity contribution >= 4 is 17.0 Å². The highest BCUT2D eigenvalue weighted by molar-refractivity contribution is 6.60. The van der Waals surface area contributed by atoms with E-state index >= 15 is 0 Å². The van der Waals surface area contributed by atoms with Crippen molar-refractivity contribution < 1.29 is 9.90 Å². The highest BCUT2D eigenvalue weighted by atomic mass is 35.5. The van der Waals surface area contributed by atoms with Crippen LogP contribution in [0.15, 0.2) is 0 Å². The number of carboxylic acid groups (broad SMARTS) is 1. The fourth-order valence-corrected chi connectivity index (χ4v) is 1.06. The van der Waals surface area contributed by atoms with E-state index in [2.05, 4.69) is 39.3 Å². The molecule has 0 saturated heterocycles. The lowest BCUT2D eigenvalue weighted by molar-refractivity contribution is 0.220. The molecule has 0 unspecified atom stereocenters. The molecule has 11 heavy (non-hydrogen) atoms. The predicted octanol–water partition coefficient (Wildman–Crippen LogP) is 3.35. The van der Waals surface area contributed by atoms with Crippen molar-refractivity contribution in [2.24, 2.45) is 10.8 Å². The van der Waals surface area contributed by atoms with Gasteiger partial charge in [-0.25, -0.2) is 4.79 Å². The van der Waals surface area contributed by atoms with Gasteiger partial charge in [-0.3, -0.25) is 0 Å². The van der Waals surface area contributed by atoms with Crippen molar-refractivity contribution in [2.45, 2.75) is 34.1 Å². The van der Waals surface area contributed by atoms with E-state index in [1.165, 1.54) is 6.42 Å². The minimum Gasteiger partial charge on any atom is -0.469 e. The van der Waals surface area contributed by atoms with Crippen LogP contribution in [0, 0.1) is 10.8 Å². The van der Waals surface area contributed by atoms with E-state index in [-0.39, 0.29) is 0 Å². The van der Waals surface area contributed by atoms with Gasteiger partial charge in [0.15, 0.2) is 0 Å². The first-order valence-electron chi connectivity index (χ1n) is 3.57. The van der Waals surface area contributed by atoms with E-state index < -0.39 is 5.43 Å². The average Bonchev–Trinajstić information content (AvgIpc) is 1.98. The van der Waals surface area contributed by atoms with Gasteiger partial charge >= 0.3 is 5.43 Å². The van der Waals surface area contributed by atoms with Crippen LogP contribution in [-0.4, -0.2) is 10.5 Å². The SMILES string of the molecule is CC1(C)CC1(C)C.O=C(O)Cl. The lowest BCUT2D eigenvalue weighted by Gasteiger charge is -2.04. The van der Waals surface area contributed by atoms with Gasteiger partial charge in [0.25, 0.3) is 0 Å². The minimum absolute atomic E-state index is 0.646. The van der Waals surface area contributed by atoms with Crippen LogP contribution in [0.25, 0.3) is 0 Å². The van der Waals surface area contributed by atoms with Crippen LogP contribution in [0.3, 0.4) is 0 Å². The number of carbonyl (C=O) groups is 1. The molecule has 1 saturated carbocycles. The summed E-state index contributed by atoms with van der Waals surface area (Å²) < 4.78 is 0. The molecule has 1 N–H and O–H groups in total. The molecule has 0 aromatic carbocycles. The van der Waals surface area contributed by atoms with Gasteiger partial charge in [-0.05, 0) is 17.3 Å². The molecule has 66 valence electrons. The Morgan fingerprint density at radius 1 is 1.27 bits per heavy atom. The van der Waals surface area contributed by atoms with Gasteiger partial charge in [-0.1, -0.05) is 27.7 Å².